The molecule has 2 aliphatic rings. The minimum Gasteiger partial charge on any atom is -0.493 e. The molecule has 1 fully saturated rings. The van der Waals surface area contributed by atoms with Gasteiger partial charge in [-0.3, -0.25) is 9.69 Å². The van der Waals surface area contributed by atoms with Gasteiger partial charge < -0.3 is 10.1 Å². The molecule has 32 heavy (non-hydrogen) atoms. The molecule has 2 unspecified atom stereocenters. The topological polar surface area (TPSA) is 41.6 Å². The Labute approximate surface area is 186 Å². The number of alkyl halides is 3. The molecule has 172 valence electrons. The highest BCUT2D eigenvalue weighted by Crippen LogP contribution is 2.48. The number of benzene rings is 2. The SMILES string of the molecule is CCC(=O)N[C@@H](C)c1ccc(CN2Cc3ccc(OCC4CC4(F)F)cc3C(F)C2)cc1. The van der Waals surface area contributed by atoms with Crippen LogP contribution in [0, 0.1) is 5.92 Å². The maximum Gasteiger partial charge on any atom is 0.255 e. The summed E-state index contributed by atoms with van der Waals surface area (Å²) in [6.45, 7) is 5.23. The first-order valence-corrected chi connectivity index (χ1v) is 11.1. The molecule has 1 aliphatic carbocycles. The molecule has 4 nitrogen and oxygen atoms in total. The molecule has 4 rings (SSSR count). The lowest BCUT2D eigenvalue weighted by Gasteiger charge is -2.31. The first-order valence-electron chi connectivity index (χ1n) is 11.1. The van der Waals surface area contributed by atoms with Crippen molar-refractivity contribution in [2.24, 2.45) is 5.92 Å². The number of amides is 1. The van der Waals surface area contributed by atoms with E-state index in [1.54, 1.807) is 12.1 Å². The highest BCUT2D eigenvalue weighted by atomic mass is 19.3. The second kappa shape index (κ2) is 9.14. The predicted octanol–water partition coefficient (Wildman–Crippen LogP) is 5.33. The van der Waals surface area contributed by atoms with E-state index in [4.69, 9.17) is 4.74 Å². The Balaban J connectivity index is 1.34. The molecule has 1 heterocycles. The minimum absolute atomic E-state index is 0.0154. The van der Waals surface area contributed by atoms with Crippen LogP contribution in [-0.4, -0.2) is 29.9 Å². The largest absolute Gasteiger partial charge is 0.493 e. The quantitative estimate of drug-likeness (QED) is 0.596. The summed E-state index contributed by atoms with van der Waals surface area (Å²) >= 11 is 0. The van der Waals surface area contributed by atoms with Crippen LogP contribution in [0.1, 0.15) is 61.2 Å². The van der Waals surface area contributed by atoms with Crippen LogP contribution in [0.5, 0.6) is 5.75 Å². The zero-order valence-electron chi connectivity index (χ0n) is 18.4. The van der Waals surface area contributed by atoms with Crippen molar-refractivity contribution in [2.45, 2.75) is 57.9 Å². The number of carbonyl (C=O) groups excluding carboxylic acids is 1. The Morgan fingerprint density at radius 1 is 1.25 bits per heavy atom. The van der Waals surface area contributed by atoms with Gasteiger partial charge in [-0.15, -0.1) is 0 Å². The zero-order chi connectivity index (χ0) is 22.9. The molecule has 7 heteroatoms. The Hall–Kier alpha value is -2.54. The number of rotatable bonds is 8. The van der Waals surface area contributed by atoms with E-state index in [0.29, 0.717) is 30.8 Å². The van der Waals surface area contributed by atoms with Gasteiger partial charge in [0.1, 0.15) is 11.9 Å². The second-order valence-corrected chi connectivity index (χ2v) is 8.86. The standard InChI is InChI=1S/C25H29F3N2O2/c1-3-24(31)29-16(2)18-6-4-17(5-7-18)12-30-13-19-8-9-21(10-22(19)23(26)14-30)32-15-20-11-25(20,27)28/h4-10,16,20,23H,3,11-15H2,1-2H3,(H,29,31)/t16-,20?,23?/m0/s1. The van der Waals surface area contributed by atoms with Crippen molar-refractivity contribution in [3.05, 3.63) is 64.7 Å². The summed E-state index contributed by atoms with van der Waals surface area (Å²) in [6, 6.07) is 13.2. The van der Waals surface area contributed by atoms with Crippen molar-refractivity contribution < 1.29 is 22.7 Å². The second-order valence-electron chi connectivity index (χ2n) is 8.86. The molecule has 1 N–H and O–H groups in total. The molecule has 0 saturated heterocycles. The number of ether oxygens (including phenoxy) is 1. The fraction of sp³-hybridized carbons (Fsp3) is 0.480. The van der Waals surface area contributed by atoms with Gasteiger partial charge in [0.05, 0.1) is 18.6 Å². The van der Waals surface area contributed by atoms with Gasteiger partial charge in [-0.1, -0.05) is 37.3 Å². The van der Waals surface area contributed by atoms with E-state index in [-0.39, 0.29) is 31.5 Å². The molecule has 1 aliphatic heterocycles. The molecule has 1 saturated carbocycles. The third kappa shape index (κ3) is 5.26. The van der Waals surface area contributed by atoms with Crippen molar-refractivity contribution in [3.63, 3.8) is 0 Å². The van der Waals surface area contributed by atoms with Crippen LogP contribution in [0.15, 0.2) is 42.5 Å². The molecule has 2 aromatic rings. The van der Waals surface area contributed by atoms with E-state index in [1.165, 1.54) is 0 Å². The number of nitrogens with one attached hydrogen (secondary N) is 1. The molecule has 2 aromatic carbocycles. The molecule has 0 radical (unpaired) electrons. The fourth-order valence-electron chi connectivity index (χ4n) is 4.09. The van der Waals surface area contributed by atoms with Crippen LogP contribution in [0.2, 0.25) is 0 Å². The van der Waals surface area contributed by atoms with Crippen LogP contribution >= 0.6 is 0 Å². The van der Waals surface area contributed by atoms with Crippen molar-refractivity contribution in [1.29, 1.82) is 0 Å². The third-order valence-corrected chi connectivity index (χ3v) is 6.26. The van der Waals surface area contributed by atoms with E-state index >= 15 is 0 Å². The number of fused-ring (bicyclic) bond motifs is 1. The van der Waals surface area contributed by atoms with Crippen molar-refractivity contribution in [1.82, 2.24) is 10.2 Å². The van der Waals surface area contributed by atoms with Crippen molar-refractivity contribution in [3.8, 4) is 5.75 Å². The first kappa shape index (κ1) is 22.6. The lowest BCUT2D eigenvalue weighted by Crippen LogP contribution is -2.31. The minimum atomic E-state index is -2.61. The van der Waals surface area contributed by atoms with Crippen LogP contribution < -0.4 is 10.1 Å². The molecule has 0 bridgehead atoms. The Bertz CT molecular complexity index is 964. The average Bonchev–Trinajstić information content (AvgIpc) is 3.39. The Morgan fingerprint density at radius 2 is 1.97 bits per heavy atom. The summed E-state index contributed by atoms with van der Waals surface area (Å²) < 4.78 is 46.4. The van der Waals surface area contributed by atoms with Gasteiger partial charge in [0.2, 0.25) is 5.91 Å². The van der Waals surface area contributed by atoms with Gasteiger partial charge in [-0.2, -0.15) is 0 Å². The maximum absolute atomic E-state index is 14.9. The number of halogens is 3. The van der Waals surface area contributed by atoms with E-state index in [2.05, 4.69) is 10.2 Å². The summed E-state index contributed by atoms with van der Waals surface area (Å²) in [7, 11) is 0. The van der Waals surface area contributed by atoms with E-state index in [1.807, 2.05) is 44.2 Å². The van der Waals surface area contributed by atoms with Gasteiger partial charge in [0.15, 0.2) is 0 Å². The van der Waals surface area contributed by atoms with Crippen molar-refractivity contribution in [2.75, 3.05) is 13.2 Å². The first-order chi connectivity index (χ1) is 15.2. The van der Waals surface area contributed by atoms with Crippen LogP contribution in [0.25, 0.3) is 0 Å². The van der Waals surface area contributed by atoms with Crippen LogP contribution in [0.3, 0.4) is 0 Å². The maximum atomic E-state index is 14.9. The third-order valence-electron chi connectivity index (χ3n) is 6.26. The van der Waals surface area contributed by atoms with E-state index in [0.717, 1.165) is 16.7 Å². The lowest BCUT2D eigenvalue weighted by molar-refractivity contribution is -0.121. The van der Waals surface area contributed by atoms with Gasteiger partial charge in [-0.05, 0) is 41.3 Å². The van der Waals surface area contributed by atoms with E-state index in [9.17, 15) is 18.0 Å². The van der Waals surface area contributed by atoms with Gasteiger partial charge in [0, 0.05) is 32.5 Å². The molecule has 0 spiro atoms. The smallest absolute Gasteiger partial charge is 0.255 e. The monoisotopic (exact) mass is 446 g/mol. The normalized spacial score (nSPS) is 22.7. The summed E-state index contributed by atoms with van der Waals surface area (Å²) in [6.07, 6.45) is -0.840. The van der Waals surface area contributed by atoms with Crippen molar-refractivity contribution >= 4 is 5.91 Å². The summed E-state index contributed by atoms with van der Waals surface area (Å²) in [5.74, 6) is -2.88. The number of hydrogen-bond donors (Lipinski definition) is 1. The number of hydrogen-bond acceptors (Lipinski definition) is 3. The molecule has 0 aromatic heterocycles. The fourth-order valence-corrected chi connectivity index (χ4v) is 4.09. The highest BCUT2D eigenvalue weighted by Gasteiger charge is 2.57. The van der Waals surface area contributed by atoms with Crippen LogP contribution in [-0.2, 0) is 17.9 Å². The predicted molar refractivity (Wildman–Crippen MR) is 116 cm³/mol. The highest BCUT2D eigenvalue weighted by molar-refractivity contribution is 5.76. The Morgan fingerprint density at radius 3 is 2.62 bits per heavy atom. The summed E-state index contributed by atoms with van der Waals surface area (Å²) in [5, 5.41) is 2.94. The molecular weight excluding hydrogens is 417 g/mol. The summed E-state index contributed by atoms with van der Waals surface area (Å²) in [4.78, 5) is 13.6. The molecule has 1 amide bonds. The number of nitrogens with zero attached hydrogens (tertiary/aromatic N) is 1. The molecular formula is C25H29F3N2O2. The van der Waals surface area contributed by atoms with Gasteiger partial charge >= 0.3 is 0 Å². The van der Waals surface area contributed by atoms with Gasteiger partial charge in [0.25, 0.3) is 5.92 Å². The lowest BCUT2D eigenvalue weighted by atomic mass is 9.97. The zero-order valence-corrected chi connectivity index (χ0v) is 18.4. The average molecular weight is 447 g/mol. The molecule has 3 atom stereocenters. The van der Waals surface area contributed by atoms with Crippen LogP contribution in [0.4, 0.5) is 13.2 Å². The Kier molecular flexibility index (Phi) is 6.47. The number of carbonyl (C=O) groups is 1. The van der Waals surface area contributed by atoms with Gasteiger partial charge in [-0.25, -0.2) is 13.2 Å². The van der Waals surface area contributed by atoms with E-state index < -0.39 is 18.0 Å². The summed E-state index contributed by atoms with van der Waals surface area (Å²) in [5.41, 5.74) is 3.57.